The zero-order valence-corrected chi connectivity index (χ0v) is 14.6. The Balaban J connectivity index is 1.49. The van der Waals surface area contributed by atoms with E-state index in [1.165, 1.54) is 4.90 Å². The molecule has 0 bridgehead atoms. The molecule has 0 unspecified atom stereocenters. The number of rotatable bonds is 3. The van der Waals surface area contributed by atoms with Gasteiger partial charge in [0.15, 0.2) is 11.5 Å². The fourth-order valence-corrected chi connectivity index (χ4v) is 3.38. The Morgan fingerprint density at radius 3 is 2.46 bits per heavy atom. The van der Waals surface area contributed by atoms with Gasteiger partial charge in [-0.2, -0.15) is 13.2 Å². The van der Waals surface area contributed by atoms with Crippen molar-refractivity contribution < 1.29 is 27.4 Å². The van der Waals surface area contributed by atoms with Crippen LogP contribution < -0.4 is 14.8 Å². The van der Waals surface area contributed by atoms with Crippen molar-refractivity contribution in [2.45, 2.75) is 44.4 Å². The van der Waals surface area contributed by atoms with E-state index >= 15 is 0 Å². The molecule has 0 saturated heterocycles. The second kappa shape index (κ2) is 7.63. The number of hydrogen-bond donors (Lipinski definition) is 1. The van der Waals surface area contributed by atoms with Crippen molar-refractivity contribution in [2.75, 3.05) is 20.3 Å². The van der Waals surface area contributed by atoms with Gasteiger partial charge in [0.1, 0.15) is 13.2 Å². The van der Waals surface area contributed by atoms with Crippen molar-refractivity contribution in [3.05, 3.63) is 23.8 Å². The average molecular weight is 372 g/mol. The van der Waals surface area contributed by atoms with Gasteiger partial charge in [0.05, 0.1) is 5.92 Å². The first-order chi connectivity index (χ1) is 12.3. The second-order valence-corrected chi connectivity index (χ2v) is 6.87. The quantitative estimate of drug-likeness (QED) is 0.880. The van der Waals surface area contributed by atoms with Gasteiger partial charge in [-0.3, -0.25) is 0 Å². The number of ether oxygens (including phenoxy) is 2. The Kier molecular flexibility index (Phi) is 5.48. The molecule has 1 saturated carbocycles. The van der Waals surface area contributed by atoms with E-state index in [9.17, 15) is 18.0 Å². The number of urea groups is 1. The molecule has 3 rings (SSSR count). The molecule has 0 spiro atoms. The lowest BCUT2D eigenvalue weighted by atomic mass is 9.85. The molecule has 2 aliphatic rings. The lowest BCUT2D eigenvalue weighted by Gasteiger charge is -2.31. The summed E-state index contributed by atoms with van der Waals surface area (Å²) >= 11 is 0. The van der Waals surface area contributed by atoms with Gasteiger partial charge in [0.25, 0.3) is 0 Å². The highest BCUT2D eigenvalue weighted by Crippen LogP contribution is 2.37. The molecular formula is C18H23F3N2O3. The molecule has 5 nitrogen and oxygen atoms in total. The van der Waals surface area contributed by atoms with Crippen LogP contribution in [0, 0.1) is 5.92 Å². The van der Waals surface area contributed by atoms with Crippen LogP contribution in [0.2, 0.25) is 0 Å². The first-order valence-electron chi connectivity index (χ1n) is 8.80. The summed E-state index contributed by atoms with van der Waals surface area (Å²) in [5.74, 6) is 0.104. The number of alkyl halides is 3. The minimum Gasteiger partial charge on any atom is -0.486 e. The number of amides is 2. The van der Waals surface area contributed by atoms with E-state index in [1.54, 1.807) is 7.05 Å². The first kappa shape index (κ1) is 18.7. The number of nitrogens with one attached hydrogen (secondary N) is 1. The predicted octanol–water partition coefficient (Wildman–Crippen LogP) is 3.72. The van der Waals surface area contributed by atoms with E-state index in [2.05, 4.69) is 5.32 Å². The standard InChI is InChI=1S/C18H23F3N2O3/c1-23(11-12-2-7-15-16(10-12)26-9-8-25-15)17(24)22-14-5-3-13(4-6-14)18(19,20)21/h2,7,10,13-14H,3-6,8-9,11H2,1H3,(H,22,24). The summed E-state index contributed by atoms with van der Waals surface area (Å²) in [6.45, 7) is 1.39. The molecule has 144 valence electrons. The minimum atomic E-state index is -4.13. The molecule has 1 aliphatic carbocycles. The third kappa shape index (κ3) is 4.53. The van der Waals surface area contributed by atoms with Crippen LogP contribution in [-0.2, 0) is 6.54 Å². The molecule has 8 heteroatoms. The number of halogens is 3. The second-order valence-electron chi connectivity index (χ2n) is 6.87. The molecule has 1 fully saturated rings. The van der Waals surface area contributed by atoms with Crippen LogP contribution in [0.15, 0.2) is 18.2 Å². The van der Waals surface area contributed by atoms with E-state index < -0.39 is 12.1 Å². The molecule has 26 heavy (non-hydrogen) atoms. The Labute approximate surface area is 150 Å². The van der Waals surface area contributed by atoms with Gasteiger partial charge in [-0.15, -0.1) is 0 Å². The van der Waals surface area contributed by atoms with Gasteiger partial charge in [-0.25, -0.2) is 4.79 Å². The number of fused-ring (bicyclic) bond motifs is 1. The predicted molar refractivity (Wildman–Crippen MR) is 89.2 cm³/mol. The van der Waals surface area contributed by atoms with Crippen LogP contribution in [0.25, 0.3) is 0 Å². The monoisotopic (exact) mass is 372 g/mol. The summed E-state index contributed by atoms with van der Waals surface area (Å²) in [6, 6.07) is 5.03. The van der Waals surface area contributed by atoms with Gasteiger partial charge >= 0.3 is 12.2 Å². The van der Waals surface area contributed by atoms with Crippen LogP contribution in [0.4, 0.5) is 18.0 Å². The number of nitrogens with zero attached hydrogens (tertiary/aromatic N) is 1. The number of hydrogen-bond acceptors (Lipinski definition) is 3. The summed E-state index contributed by atoms with van der Waals surface area (Å²) in [5.41, 5.74) is 0.896. The summed E-state index contributed by atoms with van der Waals surface area (Å²) in [5, 5.41) is 2.84. The van der Waals surface area contributed by atoms with E-state index in [0.29, 0.717) is 44.1 Å². The van der Waals surface area contributed by atoms with Crippen LogP contribution in [0.3, 0.4) is 0 Å². The smallest absolute Gasteiger partial charge is 0.391 e. The fourth-order valence-electron chi connectivity index (χ4n) is 3.38. The Morgan fingerprint density at radius 2 is 1.81 bits per heavy atom. The van der Waals surface area contributed by atoms with Gasteiger partial charge in [0.2, 0.25) is 0 Å². The molecular weight excluding hydrogens is 349 g/mol. The maximum Gasteiger partial charge on any atom is 0.391 e. The summed E-state index contributed by atoms with van der Waals surface area (Å²) in [7, 11) is 1.66. The van der Waals surface area contributed by atoms with Crippen molar-refractivity contribution in [1.82, 2.24) is 10.2 Å². The minimum absolute atomic E-state index is 0.0698. The molecule has 1 aromatic carbocycles. The molecule has 1 heterocycles. The molecule has 0 aromatic heterocycles. The van der Waals surface area contributed by atoms with E-state index in [0.717, 1.165) is 5.56 Å². The Bertz CT molecular complexity index is 643. The maximum absolute atomic E-state index is 12.7. The summed E-state index contributed by atoms with van der Waals surface area (Å²) in [4.78, 5) is 13.8. The zero-order valence-electron chi connectivity index (χ0n) is 14.6. The van der Waals surface area contributed by atoms with Crippen molar-refractivity contribution in [2.24, 2.45) is 5.92 Å². The third-order valence-electron chi connectivity index (χ3n) is 4.89. The SMILES string of the molecule is CN(Cc1ccc2c(c1)OCCO2)C(=O)NC1CCC(C(F)(F)F)CC1. The molecule has 1 aliphatic heterocycles. The van der Waals surface area contributed by atoms with Crippen molar-refractivity contribution in [3.8, 4) is 11.5 Å². The largest absolute Gasteiger partial charge is 0.486 e. The zero-order chi connectivity index (χ0) is 18.7. The normalized spacial score (nSPS) is 22.6. The molecule has 0 atom stereocenters. The van der Waals surface area contributed by atoms with Crippen LogP contribution in [0.1, 0.15) is 31.2 Å². The number of carbonyl (C=O) groups excluding carboxylic acids is 1. The highest BCUT2D eigenvalue weighted by Gasteiger charge is 2.41. The van der Waals surface area contributed by atoms with Crippen molar-refractivity contribution in [3.63, 3.8) is 0 Å². The molecule has 1 N–H and O–H groups in total. The van der Waals surface area contributed by atoms with Crippen LogP contribution >= 0.6 is 0 Å². The van der Waals surface area contributed by atoms with Crippen LogP contribution in [-0.4, -0.2) is 43.4 Å². The topological polar surface area (TPSA) is 50.8 Å². The van der Waals surface area contributed by atoms with E-state index in [1.807, 2.05) is 18.2 Å². The third-order valence-corrected chi connectivity index (χ3v) is 4.89. The molecule has 2 amide bonds. The lowest BCUT2D eigenvalue weighted by molar-refractivity contribution is -0.182. The average Bonchev–Trinajstić information content (AvgIpc) is 2.61. The van der Waals surface area contributed by atoms with Gasteiger partial charge in [-0.1, -0.05) is 6.07 Å². The fraction of sp³-hybridized carbons (Fsp3) is 0.611. The van der Waals surface area contributed by atoms with Crippen molar-refractivity contribution in [1.29, 1.82) is 0 Å². The highest BCUT2D eigenvalue weighted by molar-refractivity contribution is 5.74. The summed E-state index contributed by atoms with van der Waals surface area (Å²) in [6.07, 6.45) is -3.29. The van der Waals surface area contributed by atoms with E-state index in [-0.39, 0.29) is 24.9 Å². The molecule has 0 radical (unpaired) electrons. The maximum atomic E-state index is 12.7. The Hall–Kier alpha value is -2.12. The number of benzene rings is 1. The highest BCUT2D eigenvalue weighted by atomic mass is 19.4. The molecule has 1 aromatic rings. The van der Waals surface area contributed by atoms with Gasteiger partial charge < -0.3 is 19.7 Å². The number of carbonyl (C=O) groups is 1. The van der Waals surface area contributed by atoms with Crippen LogP contribution in [0.5, 0.6) is 11.5 Å². The lowest BCUT2D eigenvalue weighted by Crippen LogP contribution is -2.45. The summed E-state index contributed by atoms with van der Waals surface area (Å²) < 4.78 is 49.1. The van der Waals surface area contributed by atoms with Gasteiger partial charge in [0, 0.05) is 19.6 Å². The van der Waals surface area contributed by atoms with Gasteiger partial charge in [-0.05, 0) is 43.4 Å². The van der Waals surface area contributed by atoms with E-state index in [4.69, 9.17) is 9.47 Å². The van der Waals surface area contributed by atoms with Crippen molar-refractivity contribution >= 4 is 6.03 Å². The first-order valence-corrected chi connectivity index (χ1v) is 8.80. The Morgan fingerprint density at radius 1 is 1.15 bits per heavy atom.